The summed E-state index contributed by atoms with van der Waals surface area (Å²) in [5.74, 6) is 2.17. The molecule has 2 aromatic heterocycles. The maximum Gasteiger partial charge on any atom is 0.176 e. The van der Waals surface area contributed by atoms with Gasteiger partial charge in [0, 0.05) is 12.4 Å². The van der Waals surface area contributed by atoms with Gasteiger partial charge < -0.3 is 18.8 Å². The fourth-order valence-corrected chi connectivity index (χ4v) is 2.51. The predicted molar refractivity (Wildman–Crippen MR) is 87.3 cm³/mol. The van der Waals surface area contributed by atoms with E-state index in [9.17, 15) is 5.11 Å². The fourth-order valence-electron chi connectivity index (χ4n) is 2.51. The molecule has 0 amide bonds. The first-order valence-electron chi connectivity index (χ1n) is 7.56. The number of nitrogens with zero attached hydrogens (tertiary/aromatic N) is 2. The predicted octanol–water partition coefficient (Wildman–Crippen LogP) is 3.20. The third-order valence-electron chi connectivity index (χ3n) is 3.63. The summed E-state index contributed by atoms with van der Waals surface area (Å²) in [4.78, 5) is 4.27. The Kier molecular flexibility index (Phi) is 4.48. The minimum absolute atomic E-state index is 0.222. The van der Waals surface area contributed by atoms with E-state index in [0.29, 0.717) is 18.1 Å². The Labute approximate surface area is 135 Å². The Bertz CT molecular complexity index is 762. The minimum Gasteiger partial charge on any atom is -0.491 e. The van der Waals surface area contributed by atoms with Gasteiger partial charge in [0.25, 0.3) is 0 Å². The smallest absolute Gasteiger partial charge is 0.176 e. The highest BCUT2D eigenvalue weighted by atomic mass is 16.5. The van der Waals surface area contributed by atoms with E-state index in [1.54, 1.807) is 12.5 Å². The zero-order valence-corrected chi connectivity index (χ0v) is 13.3. The molecule has 120 valence electrons. The molecule has 3 aromatic rings. The number of aromatic nitrogens is 2. The molecule has 0 aliphatic carbocycles. The van der Waals surface area contributed by atoms with E-state index in [1.165, 1.54) is 5.56 Å². The molecule has 0 bridgehead atoms. The lowest BCUT2D eigenvalue weighted by atomic mass is 10.1. The van der Waals surface area contributed by atoms with Gasteiger partial charge in [-0.25, -0.2) is 4.98 Å². The highest BCUT2D eigenvalue weighted by Crippen LogP contribution is 2.20. The van der Waals surface area contributed by atoms with E-state index < -0.39 is 6.10 Å². The summed E-state index contributed by atoms with van der Waals surface area (Å²) in [7, 11) is 0. The summed E-state index contributed by atoms with van der Waals surface area (Å²) in [6.45, 7) is 4.65. The van der Waals surface area contributed by atoms with E-state index in [1.807, 2.05) is 48.9 Å². The second-order valence-corrected chi connectivity index (χ2v) is 5.61. The van der Waals surface area contributed by atoms with Crippen LogP contribution in [0.1, 0.15) is 11.1 Å². The van der Waals surface area contributed by atoms with Crippen molar-refractivity contribution in [2.24, 2.45) is 0 Å². The summed E-state index contributed by atoms with van der Waals surface area (Å²) >= 11 is 0. The van der Waals surface area contributed by atoms with Gasteiger partial charge in [0.2, 0.25) is 0 Å². The van der Waals surface area contributed by atoms with Gasteiger partial charge in [-0.2, -0.15) is 0 Å². The average molecular weight is 312 g/mol. The first-order valence-corrected chi connectivity index (χ1v) is 7.56. The van der Waals surface area contributed by atoms with E-state index >= 15 is 0 Å². The molecule has 0 unspecified atom stereocenters. The van der Waals surface area contributed by atoms with Crippen molar-refractivity contribution < 1.29 is 14.3 Å². The van der Waals surface area contributed by atoms with Crippen molar-refractivity contribution >= 4 is 0 Å². The molecule has 1 aromatic carbocycles. The van der Waals surface area contributed by atoms with E-state index in [0.717, 1.165) is 11.3 Å². The number of rotatable bonds is 6. The van der Waals surface area contributed by atoms with Gasteiger partial charge in [-0.3, -0.25) is 0 Å². The van der Waals surface area contributed by atoms with Crippen LogP contribution < -0.4 is 4.74 Å². The number of hydrogen-bond donors (Lipinski definition) is 1. The standard InChI is InChI=1S/C18H20N2O3/c1-13-5-6-16(14(2)10-13)23-12-15(21)11-20-8-7-19-18(20)17-4-3-9-22-17/h3-10,15,21H,11-12H2,1-2H3/t15-/m1/s1. The molecule has 1 atom stereocenters. The van der Waals surface area contributed by atoms with Crippen molar-refractivity contribution in [3.63, 3.8) is 0 Å². The third-order valence-corrected chi connectivity index (χ3v) is 3.63. The Morgan fingerprint density at radius 3 is 2.91 bits per heavy atom. The van der Waals surface area contributed by atoms with Gasteiger partial charge in [0.1, 0.15) is 18.5 Å². The largest absolute Gasteiger partial charge is 0.491 e. The van der Waals surface area contributed by atoms with Gasteiger partial charge in [-0.05, 0) is 37.6 Å². The fraction of sp³-hybridized carbons (Fsp3) is 0.278. The monoisotopic (exact) mass is 312 g/mol. The molecule has 5 nitrogen and oxygen atoms in total. The summed E-state index contributed by atoms with van der Waals surface area (Å²) in [5.41, 5.74) is 2.26. The van der Waals surface area contributed by atoms with Crippen LogP contribution in [0.25, 0.3) is 11.6 Å². The molecule has 1 N–H and O–H groups in total. The van der Waals surface area contributed by atoms with Crippen LogP contribution in [-0.4, -0.2) is 27.4 Å². The SMILES string of the molecule is Cc1ccc(OC[C@H](O)Cn2ccnc2-c2ccco2)c(C)c1. The zero-order chi connectivity index (χ0) is 16.2. The number of aliphatic hydroxyl groups is 1. The van der Waals surface area contributed by atoms with E-state index in [-0.39, 0.29) is 6.61 Å². The molecule has 0 radical (unpaired) electrons. The Morgan fingerprint density at radius 1 is 1.30 bits per heavy atom. The molecule has 0 saturated heterocycles. The molecule has 0 saturated carbocycles. The first-order chi connectivity index (χ1) is 11.1. The van der Waals surface area contributed by atoms with Gasteiger partial charge in [-0.1, -0.05) is 17.7 Å². The van der Waals surface area contributed by atoms with Crippen molar-refractivity contribution in [3.8, 4) is 17.3 Å². The van der Waals surface area contributed by atoms with Crippen LogP contribution in [0.2, 0.25) is 0 Å². The van der Waals surface area contributed by atoms with Crippen molar-refractivity contribution in [2.75, 3.05) is 6.61 Å². The number of benzene rings is 1. The summed E-state index contributed by atoms with van der Waals surface area (Å²) in [5, 5.41) is 10.2. The third kappa shape index (κ3) is 3.63. The van der Waals surface area contributed by atoms with Crippen molar-refractivity contribution in [2.45, 2.75) is 26.5 Å². The summed E-state index contributed by atoms with van der Waals surface area (Å²) in [6.07, 6.45) is 4.47. The lowest BCUT2D eigenvalue weighted by Gasteiger charge is -2.15. The second-order valence-electron chi connectivity index (χ2n) is 5.61. The Hall–Kier alpha value is -2.53. The van der Waals surface area contributed by atoms with Crippen molar-refractivity contribution in [1.82, 2.24) is 9.55 Å². The first kappa shape index (κ1) is 15.4. The lowest BCUT2D eigenvalue weighted by molar-refractivity contribution is 0.0924. The van der Waals surface area contributed by atoms with Crippen LogP contribution in [0, 0.1) is 13.8 Å². The van der Waals surface area contributed by atoms with Crippen molar-refractivity contribution in [3.05, 3.63) is 60.1 Å². The van der Waals surface area contributed by atoms with Crippen LogP contribution >= 0.6 is 0 Å². The lowest BCUT2D eigenvalue weighted by Crippen LogP contribution is -2.23. The Balaban J connectivity index is 1.62. The number of aliphatic hydroxyl groups excluding tert-OH is 1. The summed E-state index contributed by atoms with van der Waals surface area (Å²) in [6, 6.07) is 9.65. The molecule has 0 aliphatic heterocycles. The van der Waals surface area contributed by atoms with Crippen LogP contribution in [0.15, 0.2) is 53.4 Å². The van der Waals surface area contributed by atoms with Gasteiger partial charge >= 0.3 is 0 Å². The average Bonchev–Trinajstić information content (AvgIpc) is 3.17. The topological polar surface area (TPSA) is 60.4 Å². The number of aryl methyl sites for hydroxylation is 2. The molecule has 2 heterocycles. The maximum atomic E-state index is 10.2. The van der Waals surface area contributed by atoms with Crippen LogP contribution in [0.3, 0.4) is 0 Å². The van der Waals surface area contributed by atoms with Crippen LogP contribution in [0.5, 0.6) is 5.75 Å². The highest BCUT2D eigenvalue weighted by Gasteiger charge is 2.13. The quantitative estimate of drug-likeness (QED) is 0.759. The van der Waals surface area contributed by atoms with Gasteiger partial charge in [0.15, 0.2) is 11.6 Å². The molecule has 0 aliphatic rings. The molecular weight excluding hydrogens is 292 g/mol. The zero-order valence-electron chi connectivity index (χ0n) is 13.3. The van der Waals surface area contributed by atoms with Crippen LogP contribution in [0.4, 0.5) is 0 Å². The van der Waals surface area contributed by atoms with E-state index in [4.69, 9.17) is 9.15 Å². The highest BCUT2D eigenvalue weighted by molar-refractivity contribution is 5.46. The van der Waals surface area contributed by atoms with Crippen LogP contribution in [-0.2, 0) is 6.54 Å². The molecule has 5 heteroatoms. The number of hydrogen-bond acceptors (Lipinski definition) is 4. The molecular formula is C18H20N2O3. The van der Waals surface area contributed by atoms with Gasteiger partial charge in [0.05, 0.1) is 12.8 Å². The molecule has 0 fully saturated rings. The molecule has 3 rings (SSSR count). The number of furan rings is 1. The molecule has 23 heavy (non-hydrogen) atoms. The maximum absolute atomic E-state index is 10.2. The second kappa shape index (κ2) is 6.71. The van der Waals surface area contributed by atoms with Crippen molar-refractivity contribution in [1.29, 1.82) is 0 Å². The molecule has 0 spiro atoms. The minimum atomic E-state index is -0.640. The van der Waals surface area contributed by atoms with Gasteiger partial charge in [-0.15, -0.1) is 0 Å². The summed E-state index contributed by atoms with van der Waals surface area (Å²) < 4.78 is 12.9. The number of ether oxygens (including phenoxy) is 1. The number of imidazole rings is 1. The van der Waals surface area contributed by atoms with E-state index in [2.05, 4.69) is 11.1 Å². The Morgan fingerprint density at radius 2 is 2.17 bits per heavy atom. The normalized spacial score (nSPS) is 12.3.